The van der Waals surface area contributed by atoms with Gasteiger partial charge in [-0.15, -0.1) is 11.3 Å². The third-order valence-corrected chi connectivity index (χ3v) is 7.01. The van der Waals surface area contributed by atoms with Gasteiger partial charge in [-0.05, 0) is 54.0 Å². The molecule has 2 atom stereocenters. The number of benzene rings is 1. The minimum atomic E-state index is -0.603. The van der Waals surface area contributed by atoms with Crippen LogP contribution in [0.4, 0.5) is 0 Å². The highest BCUT2D eigenvalue weighted by Crippen LogP contribution is 2.28. The summed E-state index contributed by atoms with van der Waals surface area (Å²) in [6, 6.07) is 11.9. The fourth-order valence-electron chi connectivity index (χ4n) is 4.28. The molecule has 1 fully saturated rings. The van der Waals surface area contributed by atoms with Gasteiger partial charge in [-0.2, -0.15) is 5.10 Å². The molecule has 8 heteroatoms. The number of nitrogens with zero attached hydrogens (tertiary/aromatic N) is 3. The smallest absolute Gasteiger partial charge is 0.270 e. The van der Waals surface area contributed by atoms with E-state index in [1.54, 1.807) is 11.3 Å². The van der Waals surface area contributed by atoms with Crippen LogP contribution in [0.2, 0.25) is 0 Å². The number of pyridine rings is 1. The number of hydrogen-bond acceptors (Lipinski definition) is 6. The topological polar surface area (TPSA) is 89.3 Å². The second-order valence-electron chi connectivity index (χ2n) is 8.49. The number of rotatable bonds is 5. The summed E-state index contributed by atoms with van der Waals surface area (Å²) >= 11 is 1.63. The van der Waals surface area contributed by atoms with Gasteiger partial charge in [0.25, 0.3) is 5.91 Å². The molecule has 2 N–H and O–H groups in total. The first-order chi connectivity index (χ1) is 16.0. The maximum absolute atomic E-state index is 12.9. The predicted molar refractivity (Wildman–Crippen MR) is 129 cm³/mol. The number of carbonyl (C=O) groups is 1. The second-order valence-corrected chi connectivity index (χ2v) is 9.40. The SMILES string of the molecule is Cc1nn(C)cc1-c1ccc(Cc2cc(C(=O)N[C@H]3COCC[C@@H]3O)nc3ccsc23)cc1. The van der Waals surface area contributed by atoms with Gasteiger partial charge in [0.15, 0.2) is 0 Å². The van der Waals surface area contributed by atoms with Crippen LogP contribution in [0, 0.1) is 6.92 Å². The van der Waals surface area contributed by atoms with Crippen LogP contribution < -0.4 is 5.32 Å². The Labute approximate surface area is 196 Å². The van der Waals surface area contributed by atoms with Crippen LogP contribution in [0.3, 0.4) is 0 Å². The Kier molecular flexibility index (Phi) is 5.97. The molecule has 1 amide bonds. The molecule has 0 radical (unpaired) electrons. The number of hydrogen-bond donors (Lipinski definition) is 2. The molecule has 0 bridgehead atoms. The fourth-order valence-corrected chi connectivity index (χ4v) is 5.13. The number of ether oxygens (including phenoxy) is 1. The first kappa shape index (κ1) is 21.8. The molecule has 3 aromatic heterocycles. The largest absolute Gasteiger partial charge is 0.391 e. The van der Waals surface area contributed by atoms with Crippen LogP contribution in [-0.2, 0) is 18.2 Å². The first-order valence-corrected chi connectivity index (χ1v) is 11.9. The molecule has 33 heavy (non-hydrogen) atoms. The molecule has 0 saturated carbocycles. The van der Waals surface area contributed by atoms with Crippen molar-refractivity contribution in [2.75, 3.05) is 13.2 Å². The highest BCUT2D eigenvalue weighted by molar-refractivity contribution is 7.17. The Balaban J connectivity index is 1.39. The van der Waals surface area contributed by atoms with E-state index in [4.69, 9.17) is 4.74 Å². The van der Waals surface area contributed by atoms with Crippen molar-refractivity contribution in [3.63, 3.8) is 0 Å². The van der Waals surface area contributed by atoms with E-state index in [0.29, 0.717) is 31.7 Å². The molecule has 7 nitrogen and oxygen atoms in total. The molecule has 170 valence electrons. The van der Waals surface area contributed by atoms with Gasteiger partial charge in [0.1, 0.15) is 5.69 Å². The lowest BCUT2D eigenvalue weighted by Crippen LogP contribution is -2.49. The lowest BCUT2D eigenvalue weighted by atomic mass is 10.0. The van der Waals surface area contributed by atoms with Crippen LogP contribution in [0.25, 0.3) is 21.3 Å². The third kappa shape index (κ3) is 4.55. The summed E-state index contributed by atoms with van der Waals surface area (Å²) in [6.45, 7) is 2.83. The summed E-state index contributed by atoms with van der Waals surface area (Å²) in [4.78, 5) is 17.5. The number of nitrogens with one attached hydrogen (secondary N) is 1. The van der Waals surface area contributed by atoms with Crippen LogP contribution in [0.15, 0.2) is 48.0 Å². The quantitative estimate of drug-likeness (QED) is 0.474. The van der Waals surface area contributed by atoms with Gasteiger partial charge in [-0.3, -0.25) is 9.48 Å². The van der Waals surface area contributed by atoms with E-state index in [1.165, 1.54) is 0 Å². The van der Waals surface area contributed by atoms with Crippen molar-refractivity contribution in [3.05, 3.63) is 70.5 Å². The Morgan fingerprint density at radius 1 is 1.30 bits per heavy atom. The summed E-state index contributed by atoms with van der Waals surface area (Å²) in [6.07, 6.45) is 2.64. The molecule has 0 spiro atoms. The number of aliphatic hydroxyl groups excluding tert-OH is 1. The maximum Gasteiger partial charge on any atom is 0.270 e. The Hall–Kier alpha value is -3.07. The van der Waals surface area contributed by atoms with E-state index in [1.807, 2.05) is 42.4 Å². The van der Waals surface area contributed by atoms with Crippen molar-refractivity contribution >= 4 is 27.5 Å². The number of aromatic nitrogens is 3. The average Bonchev–Trinajstić information content (AvgIpc) is 3.41. The number of aryl methyl sites for hydroxylation is 2. The lowest BCUT2D eigenvalue weighted by molar-refractivity contribution is -0.0140. The Bertz CT molecular complexity index is 1290. The number of carbonyl (C=O) groups excluding carboxylic acids is 1. The van der Waals surface area contributed by atoms with Crippen LogP contribution >= 0.6 is 11.3 Å². The van der Waals surface area contributed by atoms with E-state index in [-0.39, 0.29) is 5.91 Å². The van der Waals surface area contributed by atoms with Crippen LogP contribution in [-0.4, -0.2) is 51.1 Å². The summed E-state index contributed by atoms with van der Waals surface area (Å²) in [5, 5.41) is 19.5. The van der Waals surface area contributed by atoms with Crippen molar-refractivity contribution in [3.8, 4) is 11.1 Å². The number of fused-ring (bicyclic) bond motifs is 1. The van der Waals surface area contributed by atoms with Gasteiger partial charge in [0.05, 0.1) is 34.7 Å². The van der Waals surface area contributed by atoms with Crippen LogP contribution in [0.1, 0.15) is 33.7 Å². The highest BCUT2D eigenvalue weighted by atomic mass is 32.1. The van der Waals surface area contributed by atoms with E-state index in [2.05, 4.69) is 39.7 Å². The number of aliphatic hydroxyl groups is 1. The molecule has 1 saturated heterocycles. The molecule has 1 aliphatic heterocycles. The van der Waals surface area contributed by atoms with Crippen molar-refractivity contribution < 1.29 is 14.6 Å². The van der Waals surface area contributed by atoms with E-state index < -0.39 is 12.1 Å². The molecule has 0 aliphatic carbocycles. The number of thiophene rings is 1. The van der Waals surface area contributed by atoms with Crippen molar-refractivity contribution in [1.82, 2.24) is 20.1 Å². The van der Waals surface area contributed by atoms with E-state index in [0.717, 1.165) is 38.2 Å². The Morgan fingerprint density at radius 2 is 2.12 bits per heavy atom. The van der Waals surface area contributed by atoms with Crippen molar-refractivity contribution in [2.24, 2.45) is 7.05 Å². The van der Waals surface area contributed by atoms with Crippen LogP contribution in [0.5, 0.6) is 0 Å². The zero-order chi connectivity index (χ0) is 22.9. The van der Waals surface area contributed by atoms with Gasteiger partial charge in [-0.1, -0.05) is 24.3 Å². The molecular weight excluding hydrogens is 436 g/mol. The highest BCUT2D eigenvalue weighted by Gasteiger charge is 2.26. The minimum Gasteiger partial charge on any atom is -0.391 e. The Morgan fingerprint density at radius 3 is 2.85 bits per heavy atom. The van der Waals surface area contributed by atoms with E-state index >= 15 is 0 Å². The minimum absolute atomic E-state index is 0.290. The maximum atomic E-state index is 12.9. The fraction of sp³-hybridized carbons (Fsp3) is 0.320. The zero-order valence-electron chi connectivity index (χ0n) is 18.6. The molecule has 1 aromatic carbocycles. The number of amides is 1. The summed E-state index contributed by atoms with van der Waals surface area (Å²) in [5.74, 6) is -0.290. The summed E-state index contributed by atoms with van der Waals surface area (Å²) in [7, 11) is 1.93. The first-order valence-electron chi connectivity index (χ1n) is 11.0. The van der Waals surface area contributed by atoms with Gasteiger partial charge in [-0.25, -0.2) is 4.98 Å². The molecule has 4 aromatic rings. The third-order valence-electron chi connectivity index (χ3n) is 6.03. The second kappa shape index (κ2) is 9.05. The zero-order valence-corrected chi connectivity index (χ0v) is 19.4. The monoisotopic (exact) mass is 462 g/mol. The normalized spacial score (nSPS) is 18.5. The van der Waals surface area contributed by atoms with Crippen molar-refractivity contribution in [1.29, 1.82) is 0 Å². The average molecular weight is 463 g/mol. The van der Waals surface area contributed by atoms with E-state index in [9.17, 15) is 9.90 Å². The standard InChI is InChI=1S/C25H26N4O3S/c1-15-19(13-29(2)28-15)17-5-3-16(4-6-17)11-18-12-21(26-20-8-10-33-24(18)20)25(31)27-22-14-32-9-7-23(22)30/h3-6,8,10,12-13,22-23,30H,7,9,11,14H2,1-2H3,(H,27,31)/t22-,23-/m0/s1. The molecule has 5 rings (SSSR count). The molecular formula is C25H26N4O3S. The molecule has 1 aliphatic rings. The lowest BCUT2D eigenvalue weighted by Gasteiger charge is -2.28. The van der Waals surface area contributed by atoms with Gasteiger partial charge in [0.2, 0.25) is 0 Å². The van der Waals surface area contributed by atoms with Gasteiger partial charge in [0, 0.05) is 25.4 Å². The summed E-state index contributed by atoms with van der Waals surface area (Å²) in [5.41, 5.74) is 6.65. The molecule has 4 heterocycles. The van der Waals surface area contributed by atoms with Gasteiger partial charge < -0.3 is 15.2 Å². The predicted octanol–water partition coefficient (Wildman–Crippen LogP) is 3.48. The van der Waals surface area contributed by atoms with Gasteiger partial charge >= 0.3 is 0 Å². The molecule has 0 unspecified atom stereocenters. The van der Waals surface area contributed by atoms with Crippen molar-refractivity contribution in [2.45, 2.75) is 31.9 Å². The summed E-state index contributed by atoms with van der Waals surface area (Å²) < 4.78 is 8.31.